The second-order valence-corrected chi connectivity index (χ2v) is 4.26. The zero-order valence-corrected chi connectivity index (χ0v) is 9.66. The van der Waals surface area contributed by atoms with E-state index in [-0.39, 0.29) is 41.7 Å². The molecule has 1 aliphatic rings. The summed E-state index contributed by atoms with van der Waals surface area (Å²) in [6.45, 7) is 0.411. The average Bonchev–Trinajstić information content (AvgIpc) is 2.93. The predicted octanol–water partition coefficient (Wildman–Crippen LogP) is 0.705. The Bertz CT molecular complexity index is 427. The number of nitrogens with one attached hydrogen (secondary N) is 1. The van der Waals surface area contributed by atoms with Gasteiger partial charge in [0.1, 0.15) is 0 Å². The Morgan fingerprint density at radius 1 is 1.53 bits per heavy atom. The lowest BCUT2D eigenvalue weighted by atomic mass is 10.4. The van der Waals surface area contributed by atoms with Crippen LogP contribution in [0.1, 0.15) is 10.6 Å². The summed E-state index contributed by atoms with van der Waals surface area (Å²) in [6.07, 6.45) is 1.40. The van der Waals surface area contributed by atoms with E-state index in [4.69, 9.17) is 4.42 Å². The van der Waals surface area contributed by atoms with Crippen molar-refractivity contribution in [1.29, 1.82) is 0 Å². The molecule has 2 heterocycles. The molecule has 0 aromatic carbocycles. The maximum Gasteiger partial charge on any atom is 0.288 e. The summed E-state index contributed by atoms with van der Waals surface area (Å²) < 4.78 is 4.90. The van der Waals surface area contributed by atoms with Gasteiger partial charge in [-0.3, -0.25) is 19.3 Å². The van der Waals surface area contributed by atoms with Crippen LogP contribution in [0.25, 0.3) is 0 Å². The molecule has 1 aromatic heterocycles. The number of thioether (sulfide) groups is 1. The van der Waals surface area contributed by atoms with Crippen molar-refractivity contribution in [2.75, 3.05) is 18.8 Å². The first-order valence-electron chi connectivity index (χ1n) is 4.97. The Balaban J connectivity index is 1.78. The van der Waals surface area contributed by atoms with Crippen LogP contribution in [0.4, 0.5) is 4.79 Å². The van der Waals surface area contributed by atoms with Gasteiger partial charge in [-0.1, -0.05) is 11.8 Å². The molecule has 0 saturated carbocycles. The largest absolute Gasteiger partial charge is 0.459 e. The van der Waals surface area contributed by atoms with Gasteiger partial charge in [-0.05, 0) is 12.1 Å². The number of imide groups is 1. The van der Waals surface area contributed by atoms with E-state index in [1.54, 1.807) is 6.07 Å². The average molecular weight is 254 g/mol. The predicted molar refractivity (Wildman–Crippen MR) is 60.6 cm³/mol. The van der Waals surface area contributed by atoms with E-state index >= 15 is 0 Å². The molecule has 90 valence electrons. The van der Waals surface area contributed by atoms with Gasteiger partial charge in [0.2, 0.25) is 5.91 Å². The second-order valence-electron chi connectivity index (χ2n) is 3.33. The number of furan rings is 1. The first-order chi connectivity index (χ1) is 8.18. The molecule has 1 fully saturated rings. The number of rotatable bonds is 4. The Hall–Kier alpha value is -1.76. The van der Waals surface area contributed by atoms with Gasteiger partial charge >= 0.3 is 0 Å². The summed E-state index contributed by atoms with van der Waals surface area (Å²) in [4.78, 5) is 35.0. The number of hydrogen-bond acceptors (Lipinski definition) is 5. The van der Waals surface area contributed by atoms with Crippen LogP contribution >= 0.6 is 11.8 Å². The summed E-state index contributed by atoms with van der Waals surface area (Å²) in [6, 6.07) is 3.15. The minimum Gasteiger partial charge on any atom is -0.459 e. The topological polar surface area (TPSA) is 79.6 Å². The maximum atomic E-state index is 11.4. The fraction of sp³-hybridized carbons (Fsp3) is 0.300. The molecule has 2 rings (SSSR count). The lowest BCUT2D eigenvalue weighted by Gasteiger charge is -2.12. The van der Waals surface area contributed by atoms with E-state index in [9.17, 15) is 14.4 Å². The van der Waals surface area contributed by atoms with Crippen LogP contribution in [-0.4, -0.2) is 40.8 Å². The quantitative estimate of drug-likeness (QED) is 0.855. The highest BCUT2D eigenvalue weighted by molar-refractivity contribution is 8.14. The molecule has 1 aliphatic heterocycles. The molecule has 6 nitrogen and oxygen atoms in total. The third-order valence-corrected chi connectivity index (χ3v) is 3.07. The fourth-order valence-electron chi connectivity index (χ4n) is 1.37. The highest BCUT2D eigenvalue weighted by atomic mass is 32.2. The van der Waals surface area contributed by atoms with E-state index in [1.807, 2.05) is 0 Å². The lowest BCUT2D eigenvalue weighted by Crippen LogP contribution is -2.37. The lowest BCUT2D eigenvalue weighted by molar-refractivity contribution is -0.124. The molecule has 7 heteroatoms. The van der Waals surface area contributed by atoms with Crippen molar-refractivity contribution in [3.8, 4) is 0 Å². The molecule has 17 heavy (non-hydrogen) atoms. The van der Waals surface area contributed by atoms with E-state index in [0.717, 1.165) is 16.7 Å². The van der Waals surface area contributed by atoms with Crippen LogP contribution in [0.2, 0.25) is 0 Å². The van der Waals surface area contributed by atoms with Crippen molar-refractivity contribution in [3.05, 3.63) is 24.2 Å². The zero-order valence-electron chi connectivity index (χ0n) is 8.84. The van der Waals surface area contributed by atoms with Crippen molar-refractivity contribution < 1.29 is 18.8 Å². The fourth-order valence-corrected chi connectivity index (χ4v) is 2.12. The molecule has 1 saturated heterocycles. The van der Waals surface area contributed by atoms with Gasteiger partial charge in [0.15, 0.2) is 5.76 Å². The molecule has 0 unspecified atom stereocenters. The number of carbonyl (C=O) groups excluding carboxylic acids is 3. The molecule has 0 radical (unpaired) electrons. The Morgan fingerprint density at radius 2 is 2.35 bits per heavy atom. The molecule has 0 aliphatic carbocycles. The Kier molecular flexibility index (Phi) is 3.48. The van der Waals surface area contributed by atoms with Gasteiger partial charge in [-0.2, -0.15) is 0 Å². The maximum absolute atomic E-state index is 11.4. The van der Waals surface area contributed by atoms with Crippen molar-refractivity contribution in [3.63, 3.8) is 0 Å². The van der Waals surface area contributed by atoms with Crippen molar-refractivity contribution in [2.45, 2.75) is 0 Å². The molecule has 0 atom stereocenters. The first kappa shape index (κ1) is 11.7. The third kappa shape index (κ3) is 2.68. The van der Waals surface area contributed by atoms with Crippen LogP contribution in [0.5, 0.6) is 0 Å². The number of amides is 3. The van der Waals surface area contributed by atoms with Gasteiger partial charge in [-0.15, -0.1) is 0 Å². The summed E-state index contributed by atoms with van der Waals surface area (Å²) in [5, 5.41) is 2.30. The highest BCUT2D eigenvalue weighted by Crippen LogP contribution is 2.17. The van der Waals surface area contributed by atoms with Crippen molar-refractivity contribution in [1.82, 2.24) is 10.2 Å². The van der Waals surface area contributed by atoms with Gasteiger partial charge in [0, 0.05) is 13.1 Å². The molecule has 1 aromatic rings. The van der Waals surface area contributed by atoms with Gasteiger partial charge in [0.05, 0.1) is 12.0 Å². The van der Waals surface area contributed by atoms with Crippen LogP contribution in [0.15, 0.2) is 22.8 Å². The smallest absolute Gasteiger partial charge is 0.288 e. The Labute approximate surface area is 101 Å². The third-order valence-electron chi connectivity index (χ3n) is 2.21. The first-order valence-corrected chi connectivity index (χ1v) is 5.96. The van der Waals surface area contributed by atoms with Gasteiger partial charge in [-0.25, -0.2) is 0 Å². The van der Waals surface area contributed by atoms with Gasteiger partial charge in [0.25, 0.3) is 11.1 Å². The van der Waals surface area contributed by atoms with Crippen molar-refractivity contribution in [2.24, 2.45) is 0 Å². The van der Waals surface area contributed by atoms with Crippen LogP contribution in [0.3, 0.4) is 0 Å². The van der Waals surface area contributed by atoms with Crippen LogP contribution in [0, 0.1) is 0 Å². The van der Waals surface area contributed by atoms with E-state index in [2.05, 4.69) is 5.32 Å². The van der Waals surface area contributed by atoms with Crippen LogP contribution in [-0.2, 0) is 4.79 Å². The van der Waals surface area contributed by atoms with E-state index in [1.165, 1.54) is 12.3 Å². The standard InChI is InChI=1S/C10H10N2O4S/c13-8-6-17-10(15)12(8)4-3-11-9(14)7-2-1-5-16-7/h1-2,5H,3-4,6H2,(H,11,14). The van der Waals surface area contributed by atoms with Crippen LogP contribution < -0.4 is 5.32 Å². The number of carbonyl (C=O) groups is 3. The van der Waals surface area contributed by atoms with E-state index < -0.39 is 0 Å². The summed E-state index contributed by atoms with van der Waals surface area (Å²) >= 11 is 0.976. The molecule has 0 bridgehead atoms. The second kappa shape index (κ2) is 5.05. The van der Waals surface area contributed by atoms with Gasteiger partial charge < -0.3 is 9.73 Å². The Morgan fingerprint density at radius 3 is 2.94 bits per heavy atom. The SMILES string of the molecule is O=C(NCCN1C(=O)CSC1=O)c1ccco1. The molecular weight excluding hydrogens is 244 g/mol. The number of nitrogens with zero attached hydrogens (tertiary/aromatic N) is 1. The minimum atomic E-state index is -0.359. The highest BCUT2D eigenvalue weighted by Gasteiger charge is 2.29. The normalized spacial score (nSPS) is 15.4. The molecular formula is C10H10N2O4S. The monoisotopic (exact) mass is 254 g/mol. The molecule has 3 amide bonds. The number of hydrogen-bond donors (Lipinski definition) is 1. The summed E-state index contributed by atoms with van der Waals surface area (Å²) in [5.41, 5.74) is 0. The minimum absolute atomic E-state index is 0.185. The summed E-state index contributed by atoms with van der Waals surface area (Å²) in [5.74, 6) is -0.183. The van der Waals surface area contributed by atoms with Crippen molar-refractivity contribution >= 4 is 28.8 Å². The van der Waals surface area contributed by atoms with E-state index in [0.29, 0.717) is 0 Å². The summed E-state index contributed by atoms with van der Waals surface area (Å²) in [7, 11) is 0. The zero-order chi connectivity index (χ0) is 12.3. The molecule has 0 spiro atoms. The molecule has 1 N–H and O–H groups in total.